The number of nitrogens with zero attached hydrogens (tertiary/aromatic N) is 2. The van der Waals surface area contributed by atoms with Crippen molar-refractivity contribution >= 4 is 5.97 Å². The number of carbonyl (C=O) groups is 1. The Kier molecular flexibility index (Phi) is 8.24. The van der Waals surface area contributed by atoms with Gasteiger partial charge in [0.2, 0.25) is 0 Å². The number of carbonyl (C=O) groups excluding carboxylic acids is 1. The summed E-state index contributed by atoms with van der Waals surface area (Å²) >= 11 is 0. The quantitative estimate of drug-likeness (QED) is 0.638. The summed E-state index contributed by atoms with van der Waals surface area (Å²) < 4.78 is 5.71. The number of piperidine rings is 1. The number of ether oxygens (including phenoxy) is 1. The van der Waals surface area contributed by atoms with Crippen molar-refractivity contribution in [2.75, 3.05) is 19.8 Å². The van der Waals surface area contributed by atoms with Gasteiger partial charge in [-0.15, -0.1) is 0 Å². The third kappa shape index (κ3) is 7.46. The van der Waals surface area contributed by atoms with Gasteiger partial charge in [0.05, 0.1) is 12.8 Å². The van der Waals surface area contributed by atoms with Gasteiger partial charge in [0.25, 0.3) is 0 Å². The Balaban J connectivity index is 1.74. The Morgan fingerprint density at radius 1 is 1.10 bits per heavy atom. The summed E-state index contributed by atoms with van der Waals surface area (Å²) in [6.07, 6.45) is 2.33. The zero-order chi connectivity index (χ0) is 22.3. The van der Waals surface area contributed by atoms with Crippen molar-refractivity contribution in [2.45, 2.75) is 64.3 Å². The van der Waals surface area contributed by atoms with Crippen molar-refractivity contribution in [1.29, 1.82) is 0 Å². The lowest BCUT2D eigenvalue weighted by Gasteiger charge is -2.39. The van der Waals surface area contributed by atoms with E-state index in [2.05, 4.69) is 21.9 Å². The van der Waals surface area contributed by atoms with E-state index >= 15 is 0 Å². The fourth-order valence-electron chi connectivity index (χ4n) is 4.09. The highest BCUT2D eigenvalue weighted by Crippen LogP contribution is 2.23. The predicted octanol–water partition coefficient (Wildman–Crippen LogP) is 4.38. The standard InChI is InChI=1S/C26H36N2O3/c1-26(2,3)31-25(30)23-16-10-11-17-28(23)20-27(18-21-12-6-4-7-13-21)19-24(29)22-14-8-5-9-15-22/h4-9,12-15,23-24,29H,10-11,16-20H2,1-3H3. The average molecular weight is 425 g/mol. The number of aliphatic hydroxyl groups excluding tert-OH is 1. The van der Waals surface area contributed by atoms with Crippen molar-refractivity contribution in [1.82, 2.24) is 9.80 Å². The van der Waals surface area contributed by atoms with E-state index in [4.69, 9.17) is 4.74 Å². The normalized spacial score (nSPS) is 18.7. The van der Waals surface area contributed by atoms with Crippen molar-refractivity contribution in [3.63, 3.8) is 0 Å². The SMILES string of the molecule is CC(C)(C)OC(=O)C1CCCCN1CN(Cc1ccccc1)CC(O)c1ccccc1. The van der Waals surface area contributed by atoms with Gasteiger partial charge in [-0.25, -0.2) is 0 Å². The molecule has 5 heteroatoms. The number of hydrogen-bond acceptors (Lipinski definition) is 5. The maximum absolute atomic E-state index is 12.9. The van der Waals surface area contributed by atoms with E-state index in [1.54, 1.807) is 0 Å². The maximum atomic E-state index is 12.9. The molecule has 1 saturated heterocycles. The molecule has 3 rings (SSSR count). The number of likely N-dealkylation sites (tertiary alicyclic amines) is 1. The van der Waals surface area contributed by atoms with Crippen molar-refractivity contribution in [3.05, 3.63) is 71.8 Å². The second-order valence-electron chi connectivity index (χ2n) is 9.42. The van der Waals surface area contributed by atoms with E-state index in [1.165, 1.54) is 5.56 Å². The van der Waals surface area contributed by atoms with Gasteiger partial charge in [-0.1, -0.05) is 67.1 Å². The Morgan fingerprint density at radius 2 is 1.74 bits per heavy atom. The van der Waals surface area contributed by atoms with E-state index in [-0.39, 0.29) is 12.0 Å². The predicted molar refractivity (Wildman–Crippen MR) is 123 cm³/mol. The molecule has 2 aromatic rings. The van der Waals surface area contributed by atoms with E-state index in [0.717, 1.165) is 31.4 Å². The topological polar surface area (TPSA) is 53.0 Å². The molecule has 1 fully saturated rings. The number of benzene rings is 2. The molecule has 2 aromatic carbocycles. The second kappa shape index (κ2) is 10.9. The van der Waals surface area contributed by atoms with Gasteiger partial charge in [0, 0.05) is 19.6 Å². The summed E-state index contributed by atoms with van der Waals surface area (Å²) in [4.78, 5) is 17.3. The Bertz CT molecular complexity index is 804. The lowest BCUT2D eigenvalue weighted by molar-refractivity contribution is -0.164. The molecule has 1 aliphatic rings. The van der Waals surface area contributed by atoms with Crippen LogP contribution in [0.5, 0.6) is 0 Å². The highest BCUT2D eigenvalue weighted by atomic mass is 16.6. The number of rotatable bonds is 8. The van der Waals surface area contributed by atoms with E-state index in [9.17, 15) is 9.90 Å². The van der Waals surface area contributed by atoms with Gasteiger partial charge in [-0.2, -0.15) is 0 Å². The first-order valence-corrected chi connectivity index (χ1v) is 11.3. The van der Waals surface area contributed by atoms with Crippen LogP contribution in [0.4, 0.5) is 0 Å². The van der Waals surface area contributed by atoms with Gasteiger partial charge < -0.3 is 9.84 Å². The Morgan fingerprint density at radius 3 is 2.39 bits per heavy atom. The lowest BCUT2D eigenvalue weighted by Crippen LogP contribution is -2.51. The monoisotopic (exact) mass is 424 g/mol. The molecule has 2 unspecified atom stereocenters. The molecule has 1 aliphatic heterocycles. The summed E-state index contributed by atoms with van der Waals surface area (Å²) in [6, 6.07) is 19.8. The third-order valence-electron chi connectivity index (χ3n) is 5.54. The first-order valence-electron chi connectivity index (χ1n) is 11.3. The summed E-state index contributed by atoms with van der Waals surface area (Å²) in [5, 5.41) is 10.9. The molecule has 0 radical (unpaired) electrons. The summed E-state index contributed by atoms with van der Waals surface area (Å²) in [6.45, 7) is 8.42. The second-order valence-corrected chi connectivity index (χ2v) is 9.42. The molecular weight excluding hydrogens is 388 g/mol. The van der Waals surface area contributed by atoms with Gasteiger partial charge in [0.15, 0.2) is 0 Å². The minimum absolute atomic E-state index is 0.143. The summed E-state index contributed by atoms with van der Waals surface area (Å²) in [5.74, 6) is -0.143. The molecule has 1 heterocycles. The van der Waals surface area contributed by atoms with Crippen LogP contribution in [0, 0.1) is 0 Å². The third-order valence-corrected chi connectivity index (χ3v) is 5.54. The molecule has 1 N–H and O–H groups in total. The molecular formula is C26H36N2O3. The molecule has 2 atom stereocenters. The Labute approximate surface area is 186 Å². The average Bonchev–Trinajstić information content (AvgIpc) is 2.74. The fraction of sp³-hybridized carbons (Fsp3) is 0.500. The van der Waals surface area contributed by atoms with Crippen LogP contribution in [0.1, 0.15) is 57.3 Å². The van der Waals surface area contributed by atoms with Gasteiger partial charge >= 0.3 is 5.97 Å². The highest BCUT2D eigenvalue weighted by molar-refractivity contribution is 5.76. The van der Waals surface area contributed by atoms with Crippen molar-refractivity contribution in [3.8, 4) is 0 Å². The lowest BCUT2D eigenvalue weighted by atomic mass is 10.0. The first kappa shape index (κ1) is 23.5. The summed E-state index contributed by atoms with van der Waals surface area (Å²) in [5.41, 5.74) is 1.60. The first-order chi connectivity index (χ1) is 14.8. The molecule has 0 aromatic heterocycles. The molecule has 168 valence electrons. The Hall–Kier alpha value is -2.21. The van der Waals surface area contributed by atoms with E-state index < -0.39 is 11.7 Å². The zero-order valence-corrected chi connectivity index (χ0v) is 19.0. The van der Waals surface area contributed by atoms with Crippen LogP contribution in [-0.2, 0) is 16.1 Å². The van der Waals surface area contributed by atoms with E-state index in [1.807, 2.05) is 69.3 Å². The molecule has 0 amide bonds. The van der Waals surface area contributed by atoms with E-state index in [0.29, 0.717) is 19.8 Å². The number of esters is 1. The van der Waals surface area contributed by atoms with Crippen LogP contribution in [0.15, 0.2) is 60.7 Å². The molecule has 0 bridgehead atoms. The molecule has 0 saturated carbocycles. The van der Waals surface area contributed by atoms with Crippen molar-refractivity contribution in [2.24, 2.45) is 0 Å². The van der Waals surface area contributed by atoms with Gasteiger partial charge in [-0.3, -0.25) is 14.6 Å². The smallest absolute Gasteiger partial charge is 0.323 e. The highest BCUT2D eigenvalue weighted by Gasteiger charge is 2.33. The van der Waals surface area contributed by atoms with Crippen LogP contribution in [-0.4, -0.2) is 52.3 Å². The molecule has 0 aliphatic carbocycles. The van der Waals surface area contributed by atoms with Crippen LogP contribution in [0.2, 0.25) is 0 Å². The minimum atomic E-state index is -0.588. The van der Waals surface area contributed by atoms with Crippen LogP contribution >= 0.6 is 0 Å². The van der Waals surface area contributed by atoms with Gasteiger partial charge in [-0.05, 0) is 44.7 Å². The fourth-order valence-corrected chi connectivity index (χ4v) is 4.09. The largest absolute Gasteiger partial charge is 0.459 e. The zero-order valence-electron chi connectivity index (χ0n) is 19.0. The maximum Gasteiger partial charge on any atom is 0.323 e. The number of aliphatic hydroxyl groups is 1. The molecule has 5 nitrogen and oxygen atoms in total. The van der Waals surface area contributed by atoms with Gasteiger partial charge in [0.1, 0.15) is 11.6 Å². The van der Waals surface area contributed by atoms with Crippen molar-refractivity contribution < 1.29 is 14.6 Å². The number of hydrogen-bond donors (Lipinski definition) is 1. The van der Waals surface area contributed by atoms with Crippen LogP contribution in [0.25, 0.3) is 0 Å². The molecule has 31 heavy (non-hydrogen) atoms. The summed E-state index contributed by atoms with van der Waals surface area (Å²) in [7, 11) is 0. The van der Waals surface area contributed by atoms with Crippen LogP contribution in [0.3, 0.4) is 0 Å². The minimum Gasteiger partial charge on any atom is -0.459 e. The van der Waals surface area contributed by atoms with Crippen LogP contribution < -0.4 is 0 Å². The molecule has 0 spiro atoms.